The Morgan fingerprint density at radius 2 is 1.35 bits per heavy atom. The SMILES string of the molecule is CC.CC.N=C(/C(=C\C(N)=NCCC1CCN(Cc2ccccc2)CC1)CCc1ccccc1)c1ccccc1. The molecule has 1 aliphatic rings. The molecule has 214 valence electrons. The summed E-state index contributed by atoms with van der Waals surface area (Å²) in [6.07, 6.45) is 7.06. The molecule has 3 aromatic carbocycles. The normalized spacial score (nSPS) is 14.4. The van der Waals surface area contributed by atoms with Crippen molar-refractivity contribution in [1.82, 2.24) is 4.90 Å². The summed E-state index contributed by atoms with van der Waals surface area (Å²) in [6.45, 7) is 12.1. The number of nitrogens with one attached hydrogen (secondary N) is 1. The first-order valence-corrected chi connectivity index (χ1v) is 15.1. The van der Waals surface area contributed by atoms with Crippen LogP contribution >= 0.6 is 0 Å². The van der Waals surface area contributed by atoms with E-state index in [1.54, 1.807) is 0 Å². The number of aliphatic imine (C=N–C) groups is 1. The molecule has 3 N–H and O–H groups in total. The summed E-state index contributed by atoms with van der Waals surface area (Å²) in [5.41, 5.74) is 11.4. The molecule has 0 bridgehead atoms. The quantitative estimate of drug-likeness (QED) is 0.190. The number of nitrogens with two attached hydrogens (primary N) is 1. The predicted molar refractivity (Wildman–Crippen MR) is 174 cm³/mol. The van der Waals surface area contributed by atoms with Crippen molar-refractivity contribution in [3.05, 3.63) is 119 Å². The zero-order valence-corrected chi connectivity index (χ0v) is 25.2. The largest absolute Gasteiger partial charge is 0.384 e. The van der Waals surface area contributed by atoms with Gasteiger partial charge in [-0.3, -0.25) is 15.3 Å². The Morgan fingerprint density at radius 3 is 1.93 bits per heavy atom. The third kappa shape index (κ3) is 11.7. The third-order valence-corrected chi connectivity index (χ3v) is 7.02. The lowest BCUT2D eigenvalue weighted by Crippen LogP contribution is -2.33. The van der Waals surface area contributed by atoms with Crippen LogP contribution in [0.2, 0.25) is 0 Å². The predicted octanol–water partition coefficient (Wildman–Crippen LogP) is 8.33. The lowest BCUT2D eigenvalue weighted by atomic mass is 9.93. The summed E-state index contributed by atoms with van der Waals surface area (Å²) < 4.78 is 0. The van der Waals surface area contributed by atoms with Crippen LogP contribution in [0.5, 0.6) is 0 Å². The number of likely N-dealkylation sites (tertiary alicyclic amines) is 1. The van der Waals surface area contributed by atoms with E-state index < -0.39 is 0 Å². The van der Waals surface area contributed by atoms with Gasteiger partial charge in [0.25, 0.3) is 0 Å². The van der Waals surface area contributed by atoms with Crippen LogP contribution in [0.3, 0.4) is 0 Å². The van der Waals surface area contributed by atoms with E-state index in [1.165, 1.54) is 24.0 Å². The molecular weight excluding hydrogens is 488 g/mol. The Morgan fingerprint density at radius 1 is 0.825 bits per heavy atom. The Labute approximate surface area is 243 Å². The number of rotatable bonds is 11. The minimum Gasteiger partial charge on any atom is -0.384 e. The lowest BCUT2D eigenvalue weighted by molar-refractivity contribution is 0.173. The molecule has 0 spiro atoms. The topological polar surface area (TPSA) is 65.5 Å². The van der Waals surface area contributed by atoms with Gasteiger partial charge in [-0.25, -0.2) is 0 Å². The van der Waals surface area contributed by atoms with E-state index in [0.29, 0.717) is 17.5 Å². The Bertz CT molecular complexity index is 1130. The summed E-state index contributed by atoms with van der Waals surface area (Å²) in [7, 11) is 0. The van der Waals surface area contributed by atoms with Crippen LogP contribution in [0.25, 0.3) is 0 Å². The number of piperidine rings is 1. The zero-order chi connectivity index (χ0) is 29.0. The highest BCUT2D eigenvalue weighted by atomic mass is 15.1. The second kappa shape index (κ2) is 19.5. The van der Waals surface area contributed by atoms with Gasteiger partial charge in [0.1, 0.15) is 5.84 Å². The summed E-state index contributed by atoms with van der Waals surface area (Å²) in [5, 5.41) is 8.80. The van der Waals surface area contributed by atoms with Gasteiger partial charge in [-0.05, 0) is 79.5 Å². The maximum Gasteiger partial charge on any atom is 0.118 e. The maximum absolute atomic E-state index is 8.80. The van der Waals surface area contributed by atoms with E-state index in [4.69, 9.17) is 11.1 Å². The minimum absolute atomic E-state index is 0.524. The monoisotopic (exact) mass is 538 g/mol. The molecule has 0 aromatic heterocycles. The summed E-state index contributed by atoms with van der Waals surface area (Å²) >= 11 is 0. The fourth-order valence-electron chi connectivity index (χ4n) is 4.86. The number of aryl methyl sites for hydroxylation is 1. The number of hydrogen-bond donors (Lipinski definition) is 2. The van der Waals surface area contributed by atoms with Gasteiger partial charge >= 0.3 is 0 Å². The number of nitrogens with zero attached hydrogens (tertiary/aromatic N) is 2. The maximum atomic E-state index is 8.80. The van der Waals surface area contributed by atoms with Crippen LogP contribution in [0.4, 0.5) is 0 Å². The standard InChI is InChI=1S/C32H38N4.2C2H6/c33-31(35-21-18-27-19-22-36(23-20-27)25-28-12-6-2-7-13-28)24-30(17-16-26-10-4-1-5-11-26)32(34)29-14-8-3-9-15-29;2*1-2/h1-15,24,27,34H,16-23,25H2,(H2,33,35);2*1-2H3/b30-24-,34-32?;;. The van der Waals surface area contributed by atoms with Crippen molar-refractivity contribution < 1.29 is 0 Å². The van der Waals surface area contributed by atoms with Crippen LogP contribution in [-0.4, -0.2) is 36.1 Å². The van der Waals surface area contributed by atoms with Crippen molar-refractivity contribution in [2.75, 3.05) is 19.6 Å². The van der Waals surface area contributed by atoms with Crippen LogP contribution in [-0.2, 0) is 13.0 Å². The molecule has 0 amide bonds. The molecule has 4 nitrogen and oxygen atoms in total. The van der Waals surface area contributed by atoms with E-state index in [-0.39, 0.29) is 0 Å². The second-order valence-electron chi connectivity index (χ2n) is 9.70. The lowest BCUT2D eigenvalue weighted by Gasteiger charge is -2.31. The van der Waals surface area contributed by atoms with Crippen molar-refractivity contribution >= 4 is 11.5 Å². The van der Waals surface area contributed by atoms with E-state index >= 15 is 0 Å². The highest BCUT2D eigenvalue weighted by Gasteiger charge is 2.19. The summed E-state index contributed by atoms with van der Waals surface area (Å²) in [5.74, 6) is 1.23. The molecule has 1 heterocycles. The van der Waals surface area contributed by atoms with E-state index in [2.05, 4.69) is 64.5 Å². The van der Waals surface area contributed by atoms with Crippen LogP contribution in [0.15, 0.2) is 108 Å². The molecule has 1 fully saturated rings. The second-order valence-corrected chi connectivity index (χ2v) is 9.70. The zero-order valence-electron chi connectivity index (χ0n) is 25.2. The van der Waals surface area contributed by atoms with Crippen molar-refractivity contribution in [3.63, 3.8) is 0 Å². The van der Waals surface area contributed by atoms with Gasteiger partial charge in [0, 0.05) is 13.1 Å². The number of allylic oxidation sites excluding steroid dienone is 1. The Balaban J connectivity index is 0.00000134. The summed E-state index contributed by atoms with van der Waals surface area (Å²) in [6, 6.07) is 31.0. The van der Waals surface area contributed by atoms with Crippen molar-refractivity contribution in [2.45, 2.75) is 66.3 Å². The van der Waals surface area contributed by atoms with E-state index in [9.17, 15) is 0 Å². The molecule has 4 rings (SSSR count). The van der Waals surface area contributed by atoms with Gasteiger partial charge in [-0.2, -0.15) is 0 Å². The first-order chi connectivity index (χ1) is 19.7. The smallest absolute Gasteiger partial charge is 0.118 e. The van der Waals surface area contributed by atoms with Gasteiger partial charge in [0.2, 0.25) is 0 Å². The molecule has 1 aliphatic heterocycles. The molecule has 0 saturated carbocycles. The van der Waals surface area contributed by atoms with Crippen molar-refractivity contribution in [1.29, 1.82) is 5.41 Å². The first-order valence-electron chi connectivity index (χ1n) is 15.1. The molecule has 0 aliphatic carbocycles. The number of amidine groups is 1. The average Bonchev–Trinajstić information content (AvgIpc) is 3.03. The number of benzene rings is 3. The van der Waals surface area contributed by atoms with E-state index in [0.717, 1.165) is 56.6 Å². The van der Waals surface area contributed by atoms with Crippen LogP contribution in [0, 0.1) is 11.3 Å². The molecule has 4 heteroatoms. The minimum atomic E-state index is 0.524. The Kier molecular flexibility index (Phi) is 16.0. The van der Waals surface area contributed by atoms with Gasteiger partial charge in [0.15, 0.2) is 0 Å². The first kappa shape index (κ1) is 32.7. The van der Waals surface area contributed by atoms with Crippen molar-refractivity contribution in [3.8, 4) is 0 Å². The number of hydrogen-bond acceptors (Lipinski definition) is 3. The van der Waals surface area contributed by atoms with Gasteiger partial charge in [-0.1, -0.05) is 119 Å². The fourth-order valence-corrected chi connectivity index (χ4v) is 4.86. The molecule has 0 radical (unpaired) electrons. The van der Waals surface area contributed by atoms with Crippen LogP contribution < -0.4 is 5.73 Å². The molecule has 0 atom stereocenters. The van der Waals surface area contributed by atoms with Gasteiger partial charge in [-0.15, -0.1) is 0 Å². The molecular formula is C36H50N4. The van der Waals surface area contributed by atoms with Crippen LogP contribution in [0.1, 0.15) is 70.1 Å². The average molecular weight is 539 g/mol. The molecule has 1 saturated heterocycles. The highest BCUT2D eigenvalue weighted by Crippen LogP contribution is 2.22. The molecule has 3 aromatic rings. The third-order valence-electron chi connectivity index (χ3n) is 7.02. The summed E-state index contributed by atoms with van der Waals surface area (Å²) in [4.78, 5) is 7.24. The van der Waals surface area contributed by atoms with Gasteiger partial charge < -0.3 is 5.73 Å². The van der Waals surface area contributed by atoms with Gasteiger partial charge in [0.05, 0.1) is 5.71 Å². The van der Waals surface area contributed by atoms with Crippen molar-refractivity contribution in [2.24, 2.45) is 16.6 Å². The molecule has 0 unspecified atom stereocenters. The Hall–Kier alpha value is -3.50. The van der Waals surface area contributed by atoms with E-state index in [1.807, 2.05) is 70.2 Å². The fraction of sp³-hybridized carbons (Fsp3) is 0.389. The highest BCUT2D eigenvalue weighted by molar-refractivity contribution is 6.13. The molecule has 40 heavy (non-hydrogen) atoms.